The van der Waals surface area contributed by atoms with Crippen molar-refractivity contribution in [3.05, 3.63) is 34.9 Å². The van der Waals surface area contributed by atoms with Gasteiger partial charge in [0.15, 0.2) is 5.84 Å². The molecule has 0 spiro atoms. The summed E-state index contributed by atoms with van der Waals surface area (Å²) in [5.74, 6) is 0.00532. The lowest BCUT2D eigenvalue weighted by Crippen LogP contribution is -2.13. The van der Waals surface area contributed by atoms with Crippen LogP contribution in [0.25, 0.3) is 0 Å². The molecule has 0 saturated heterocycles. The molecule has 0 aromatic heterocycles. The van der Waals surface area contributed by atoms with E-state index in [9.17, 15) is 13.2 Å². The molecule has 7 heteroatoms. The highest BCUT2D eigenvalue weighted by molar-refractivity contribution is 5.97. The quantitative estimate of drug-likeness (QED) is 0.278. The van der Waals surface area contributed by atoms with Crippen LogP contribution in [0.3, 0.4) is 0 Å². The first-order valence-corrected chi connectivity index (χ1v) is 6.05. The maximum atomic E-state index is 11.9. The number of oxime groups is 1. The van der Waals surface area contributed by atoms with Crippen molar-refractivity contribution >= 4 is 5.84 Å². The number of nitrogens with two attached hydrogens (primary N) is 1. The van der Waals surface area contributed by atoms with Crippen molar-refractivity contribution in [2.45, 2.75) is 32.5 Å². The summed E-state index contributed by atoms with van der Waals surface area (Å²) in [7, 11) is 0. The van der Waals surface area contributed by atoms with Gasteiger partial charge in [-0.3, -0.25) is 0 Å². The lowest BCUT2D eigenvalue weighted by Gasteiger charge is -2.10. The van der Waals surface area contributed by atoms with Crippen LogP contribution in [-0.2, 0) is 11.3 Å². The Bertz CT molecular complexity index is 473. The second kappa shape index (κ2) is 7.14. The van der Waals surface area contributed by atoms with Crippen molar-refractivity contribution in [2.24, 2.45) is 10.9 Å². The van der Waals surface area contributed by atoms with Crippen LogP contribution in [0.1, 0.15) is 29.5 Å². The SMILES string of the molecule is Cc1cc(/C(N)=N/O)ccc1COCCCC(F)(F)F. The number of benzene rings is 1. The first-order chi connectivity index (χ1) is 9.33. The Balaban J connectivity index is 2.45. The minimum Gasteiger partial charge on any atom is -0.409 e. The largest absolute Gasteiger partial charge is 0.409 e. The van der Waals surface area contributed by atoms with E-state index in [2.05, 4.69) is 5.16 Å². The summed E-state index contributed by atoms with van der Waals surface area (Å²) >= 11 is 0. The molecule has 0 heterocycles. The van der Waals surface area contributed by atoms with Crippen molar-refractivity contribution in [3.8, 4) is 0 Å². The van der Waals surface area contributed by atoms with Gasteiger partial charge in [-0.25, -0.2) is 0 Å². The molecule has 1 rings (SSSR count). The molecule has 0 bridgehead atoms. The van der Waals surface area contributed by atoms with Gasteiger partial charge < -0.3 is 15.7 Å². The molecule has 112 valence electrons. The van der Waals surface area contributed by atoms with Gasteiger partial charge in [-0.2, -0.15) is 13.2 Å². The van der Waals surface area contributed by atoms with E-state index >= 15 is 0 Å². The van der Waals surface area contributed by atoms with Gasteiger partial charge in [0.05, 0.1) is 6.61 Å². The second-order valence-corrected chi connectivity index (χ2v) is 4.40. The predicted octanol–water partition coefficient (Wildman–Crippen LogP) is 2.95. The first-order valence-electron chi connectivity index (χ1n) is 6.05. The molecule has 3 N–H and O–H groups in total. The summed E-state index contributed by atoms with van der Waals surface area (Å²) in [5, 5.41) is 11.5. The second-order valence-electron chi connectivity index (χ2n) is 4.40. The number of nitrogens with zero attached hydrogens (tertiary/aromatic N) is 1. The summed E-state index contributed by atoms with van der Waals surface area (Å²) in [6.45, 7) is 2.11. The van der Waals surface area contributed by atoms with Crippen LogP contribution in [0.15, 0.2) is 23.4 Å². The monoisotopic (exact) mass is 290 g/mol. The number of alkyl halides is 3. The fourth-order valence-electron chi connectivity index (χ4n) is 1.63. The number of hydrogen-bond acceptors (Lipinski definition) is 3. The van der Waals surface area contributed by atoms with Gasteiger partial charge >= 0.3 is 6.18 Å². The minimum absolute atomic E-state index is 0.00532. The van der Waals surface area contributed by atoms with E-state index in [1.54, 1.807) is 18.2 Å². The lowest BCUT2D eigenvalue weighted by molar-refractivity contribution is -0.138. The Morgan fingerprint density at radius 2 is 2.10 bits per heavy atom. The minimum atomic E-state index is -4.14. The lowest BCUT2D eigenvalue weighted by atomic mass is 10.1. The van der Waals surface area contributed by atoms with Crippen LogP contribution >= 0.6 is 0 Å². The first kappa shape index (κ1) is 16.3. The molecule has 0 saturated carbocycles. The Morgan fingerprint density at radius 1 is 1.40 bits per heavy atom. The Morgan fingerprint density at radius 3 is 2.65 bits per heavy atom. The molecule has 1 aromatic rings. The van der Waals surface area contributed by atoms with Gasteiger partial charge in [0.1, 0.15) is 0 Å². The Kier molecular flexibility index (Phi) is 5.82. The number of rotatable bonds is 6. The molecule has 4 nitrogen and oxygen atoms in total. The van der Waals surface area contributed by atoms with Crippen molar-refractivity contribution in [1.29, 1.82) is 0 Å². The molecule has 0 atom stereocenters. The highest BCUT2D eigenvalue weighted by Gasteiger charge is 2.25. The normalized spacial score (nSPS) is 12.7. The van der Waals surface area contributed by atoms with Crippen LogP contribution in [0.2, 0.25) is 0 Å². The van der Waals surface area contributed by atoms with E-state index in [-0.39, 0.29) is 25.5 Å². The molecule has 1 aromatic carbocycles. The van der Waals surface area contributed by atoms with Crippen LogP contribution in [-0.4, -0.2) is 23.8 Å². The van der Waals surface area contributed by atoms with Crippen molar-refractivity contribution < 1.29 is 23.1 Å². The molecule has 0 fully saturated rings. The summed E-state index contributed by atoms with van der Waals surface area (Å²) in [5.41, 5.74) is 7.75. The van der Waals surface area contributed by atoms with Crippen LogP contribution in [0, 0.1) is 6.92 Å². The van der Waals surface area contributed by atoms with Crippen LogP contribution in [0.4, 0.5) is 13.2 Å². The topological polar surface area (TPSA) is 67.8 Å². The van der Waals surface area contributed by atoms with Gasteiger partial charge in [0.2, 0.25) is 0 Å². The number of amidine groups is 1. The summed E-state index contributed by atoms with van der Waals surface area (Å²) in [6, 6.07) is 5.13. The molecule has 0 unspecified atom stereocenters. The van der Waals surface area contributed by atoms with E-state index in [0.717, 1.165) is 11.1 Å². The maximum absolute atomic E-state index is 11.9. The molecular formula is C13H17F3N2O2. The molecule has 0 aliphatic carbocycles. The van der Waals surface area contributed by atoms with Crippen molar-refractivity contribution in [2.75, 3.05) is 6.61 Å². The highest BCUT2D eigenvalue weighted by Crippen LogP contribution is 2.21. The average Bonchev–Trinajstić information content (AvgIpc) is 2.37. The molecule has 0 aliphatic rings. The van der Waals surface area contributed by atoms with Crippen molar-refractivity contribution in [1.82, 2.24) is 0 Å². The summed E-state index contributed by atoms with van der Waals surface area (Å²) in [6.07, 6.45) is -5.03. The van der Waals surface area contributed by atoms with Crippen LogP contribution in [0.5, 0.6) is 0 Å². The molecule has 0 radical (unpaired) electrons. The zero-order valence-corrected chi connectivity index (χ0v) is 11.1. The maximum Gasteiger partial charge on any atom is 0.389 e. The third-order valence-electron chi connectivity index (χ3n) is 2.75. The summed E-state index contributed by atoms with van der Waals surface area (Å²) < 4.78 is 41.0. The van der Waals surface area contributed by atoms with E-state index in [0.29, 0.717) is 5.56 Å². The zero-order valence-electron chi connectivity index (χ0n) is 11.1. The predicted molar refractivity (Wildman–Crippen MR) is 68.6 cm³/mol. The number of ether oxygens (including phenoxy) is 1. The van der Waals surface area contributed by atoms with Gasteiger partial charge in [-0.1, -0.05) is 17.3 Å². The average molecular weight is 290 g/mol. The fraction of sp³-hybridized carbons (Fsp3) is 0.462. The summed E-state index contributed by atoms with van der Waals surface area (Å²) in [4.78, 5) is 0. The third kappa shape index (κ3) is 5.48. The number of hydrogen-bond donors (Lipinski definition) is 2. The molecule has 0 amide bonds. The van der Waals surface area contributed by atoms with Gasteiger partial charge in [0.25, 0.3) is 0 Å². The van der Waals surface area contributed by atoms with Crippen molar-refractivity contribution in [3.63, 3.8) is 0 Å². The van der Waals surface area contributed by atoms with E-state index < -0.39 is 12.6 Å². The smallest absolute Gasteiger partial charge is 0.389 e. The fourth-order valence-corrected chi connectivity index (χ4v) is 1.63. The van der Waals surface area contributed by atoms with E-state index in [4.69, 9.17) is 15.7 Å². The van der Waals surface area contributed by atoms with E-state index in [1.165, 1.54) is 0 Å². The zero-order chi connectivity index (χ0) is 15.2. The Hall–Kier alpha value is -1.76. The molecule has 0 aliphatic heterocycles. The number of aryl methyl sites for hydroxylation is 1. The van der Waals surface area contributed by atoms with Gasteiger partial charge in [-0.15, -0.1) is 0 Å². The molecular weight excluding hydrogens is 273 g/mol. The third-order valence-corrected chi connectivity index (χ3v) is 2.75. The highest BCUT2D eigenvalue weighted by atomic mass is 19.4. The van der Waals surface area contributed by atoms with Crippen LogP contribution < -0.4 is 5.73 Å². The Labute approximate surface area is 115 Å². The van der Waals surface area contributed by atoms with E-state index in [1.807, 2.05) is 6.92 Å². The molecule has 20 heavy (non-hydrogen) atoms. The number of halogens is 3. The van der Waals surface area contributed by atoms with Gasteiger partial charge in [0, 0.05) is 18.6 Å². The van der Waals surface area contributed by atoms with Gasteiger partial charge in [-0.05, 0) is 30.5 Å². The standard InChI is InChI=1S/C13H17F3N2O2/c1-9-7-10(12(17)18-19)3-4-11(9)8-20-6-2-5-13(14,15)16/h3-4,7,19H,2,5-6,8H2,1H3,(H2,17,18).